The minimum atomic E-state index is 0.297. The summed E-state index contributed by atoms with van der Waals surface area (Å²) in [6.07, 6.45) is 2.44. The van der Waals surface area contributed by atoms with E-state index in [1.807, 2.05) is 24.3 Å². The topological polar surface area (TPSA) is 77.8 Å². The molecule has 3 rings (SSSR count). The summed E-state index contributed by atoms with van der Waals surface area (Å²) in [7, 11) is 0. The molecule has 0 radical (unpaired) electrons. The zero-order valence-electron chi connectivity index (χ0n) is 11.0. The van der Waals surface area contributed by atoms with Gasteiger partial charge in [0.2, 0.25) is 11.7 Å². The molecule has 1 unspecified atom stereocenters. The summed E-state index contributed by atoms with van der Waals surface area (Å²) in [4.78, 5) is 9.33. The molecular formula is C14H14N4OS. The normalized spacial score (nSPS) is 12.4. The molecule has 0 fully saturated rings. The second-order valence-corrected chi connectivity index (χ2v) is 5.54. The lowest BCUT2D eigenvalue weighted by Gasteiger charge is -2.08. The molecule has 0 aliphatic rings. The summed E-state index contributed by atoms with van der Waals surface area (Å²) in [6, 6.07) is 7.87. The molecule has 1 atom stereocenters. The maximum Gasteiger partial charge on any atom is 0.227 e. The minimum Gasteiger partial charge on any atom is -0.399 e. The third-order valence-corrected chi connectivity index (χ3v) is 3.88. The van der Waals surface area contributed by atoms with E-state index in [9.17, 15) is 0 Å². The lowest BCUT2D eigenvalue weighted by molar-refractivity contribution is 0.372. The first-order valence-electron chi connectivity index (χ1n) is 6.29. The molecule has 5 nitrogen and oxygen atoms in total. The number of rotatable bonds is 4. The van der Waals surface area contributed by atoms with Gasteiger partial charge in [-0.25, -0.2) is 0 Å². The van der Waals surface area contributed by atoms with Crippen LogP contribution in [0.2, 0.25) is 0 Å². The second kappa shape index (κ2) is 5.42. The Labute approximate surface area is 120 Å². The molecule has 20 heavy (non-hydrogen) atoms. The van der Waals surface area contributed by atoms with E-state index in [4.69, 9.17) is 10.3 Å². The quantitative estimate of drug-likeness (QED) is 0.745. The van der Waals surface area contributed by atoms with Gasteiger partial charge in [-0.05, 0) is 23.6 Å². The Morgan fingerprint density at radius 3 is 2.80 bits per heavy atom. The van der Waals surface area contributed by atoms with Crippen LogP contribution >= 0.6 is 11.3 Å². The minimum absolute atomic E-state index is 0.297. The van der Waals surface area contributed by atoms with Crippen LogP contribution in [0.4, 0.5) is 5.69 Å². The van der Waals surface area contributed by atoms with Crippen LogP contribution in [0, 0.1) is 0 Å². The van der Waals surface area contributed by atoms with Crippen molar-refractivity contribution in [1.82, 2.24) is 15.1 Å². The Bertz CT molecular complexity index is 676. The maximum atomic E-state index is 5.69. The first-order valence-corrected chi connectivity index (χ1v) is 7.17. The number of aromatic nitrogens is 3. The standard InChI is InChI=1S/C14H14N4OS/c1-9(10-2-4-11(15)5-3-10)6-13-17-14(18-19-13)12-7-16-8-20-12/h2-5,7-9H,6,15H2,1H3. The molecule has 1 aromatic carbocycles. The summed E-state index contributed by atoms with van der Waals surface area (Å²) >= 11 is 1.50. The number of hydrogen-bond donors (Lipinski definition) is 1. The van der Waals surface area contributed by atoms with Crippen LogP contribution in [-0.4, -0.2) is 15.1 Å². The van der Waals surface area contributed by atoms with E-state index in [1.54, 1.807) is 11.7 Å². The molecule has 0 saturated carbocycles. The van der Waals surface area contributed by atoms with Crippen molar-refractivity contribution in [1.29, 1.82) is 0 Å². The predicted octanol–water partition coefficient (Wildman–Crippen LogP) is 3.12. The fourth-order valence-electron chi connectivity index (χ4n) is 1.97. The average Bonchev–Trinajstić information content (AvgIpc) is 3.09. The van der Waals surface area contributed by atoms with Crippen LogP contribution in [0.5, 0.6) is 0 Å². The molecule has 0 saturated heterocycles. The molecule has 0 bridgehead atoms. The van der Waals surface area contributed by atoms with E-state index < -0.39 is 0 Å². The third kappa shape index (κ3) is 2.70. The zero-order valence-corrected chi connectivity index (χ0v) is 11.8. The number of nitrogen functional groups attached to an aromatic ring is 1. The van der Waals surface area contributed by atoms with Gasteiger partial charge in [-0.1, -0.05) is 24.2 Å². The number of hydrogen-bond acceptors (Lipinski definition) is 6. The van der Waals surface area contributed by atoms with Gasteiger partial charge in [-0.2, -0.15) is 4.98 Å². The zero-order chi connectivity index (χ0) is 13.9. The number of benzene rings is 1. The van der Waals surface area contributed by atoms with E-state index in [0.29, 0.717) is 24.1 Å². The molecule has 6 heteroatoms. The molecule has 0 spiro atoms. The molecule has 3 aromatic rings. The van der Waals surface area contributed by atoms with Gasteiger partial charge in [0.15, 0.2) is 0 Å². The predicted molar refractivity (Wildman–Crippen MR) is 78.4 cm³/mol. The van der Waals surface area contributed by atoms with E-state index in [2.05, 4.69) is 22.0 Å². The van der Waals surface area contributed by atoms with Gasteiger partial charge in [0, 0.05) is 18.3 Å². The first kappa shape index (κ1) is 12.8. The summed E-state index contributed by atoms with van der Waals surface area (Å²) in [5, 5.41) is 3.98. The van der Waals surface area contributed by atoms with Gasteiger partial charge in [0.05, 0.1) is 10.4 Å². The highest BCUT2D eigenvalue weighted by Gasteiger charge is 2.14. The molecule has 2 N–H and O–H groups in total. The van der Waals surface area contributed by atoms with Crippen molar-refractivity contribution in [3.8, 4) is 10.7 Å². The molecule has 102 valence electrons. The fourth-order valence-corrected chi connectivity index (χ4v) is 2.51. The second-order valence-electron chi connectivity index (χ2n) is 4.65. The highest BCUT2D eigenvalue weighted by molar-refractivity contribution is 7.13. The molecule has 0 aliphatic heterocycles. The Morgan fingerprint density at radius 2 is 2.10 bits per heavy atom. The average molecular weight is 286 g/mol. The van der Waals surface area contributed by atoms with Crippen molar-refractivity contribution in [2.45, 2.75) is 19.3 Å². The van der Waals surface area contributed by atoms with Crippen molar-refractivity contribution >= 4 is 17.0 Å². The summed E-state index contributed by atoms with van der Waals surface area (Å²) in [5.74, 6) is 1.54. The van der Waals surface area contributed by atoms with Gasteiger partial charge >= 0.3 is 0 Å². The largest absolute Gasteiger partial charge is 0.399 e. The van der Waals surface area contributed by atoms with Gasteiger partial charge in [0.25, 0.3) is 0 Å². The molecule has 0 amide bonds. The van der Waals surface area contributed by atoms with Gasteiger partial charge in [-0.15, -0.1) is 11.3 Å². The van der Waals surface area contributed by atoms with Crippen molar-refractivity contribution in [3.05, 3.63) is 47.4 Å². The SMILES string of the molecule is CC(Cc1nc(-c2cncs2)no1)c1ccc(N)cc1. The van der Waals surface area contributed by atoms with Crippen LogP contribution in [0.1, 0.15) is 24.3 Å². The maximum absolute atomic E-state index is 5.69. The van der Waals surface area contributed by atoms with E-state index in [1.165, 1.54) is 16.9 Å². The summed E-state index contributed by atoms with van der Waals surface area (Å²) in [5.41, 5.74) is 9.42. The highest BCUT2D eigenvalue weighted by atomic mass is 32.1. The van der Waals surface area contributed by atoms with Crippen molar-refractivity contribution in [2.24, 2.45) is 0 Å². The van der Waals surface area contributed by atoms with E-state index >= 15 is 0 Å². The number of anilines is 1. The Balaban J connectivity index is 1.73. The number of thiazole rings is 1. The van der Waals surface area contributed by atoms with Gasteiger partial charge < -0.3 is 10.3 Å². The van der Waals surface area contributed by atoms with Crippen molar-refractivity contribution in [2.75, 3.05) is 5.73 Å². The van der Waals surface area contributed by atoms with Crippen LogP contribution in [-0.2, 0) is 6.42 Å². The van der Waals surface area contributed by atoms with Gasteiger partial charge in [-0.3, -0.25) is 4.98 Å². The fraction of sp³-hybridized carbons (Fsp3) is 0.214. The summed E-state index contributed by atoms with van der Waals surface area (Å²) in [6.45, 7) is 2.13. The first-order chi connectivity index (χ1) is 9.72. The van der Waals surface area contributed by atoms with E-state index in [-0.39, 0.29) is 0 Å². The summed E-state index contributed by atoms with van der Waals surface area (Å²) < 4.78 is 5.30. The van der Waals surface area contributed by atoms with Crippen LogP contribution in [0.3, 0.4) is 0 Å². The van der Waals surface area contributed by atoms with Crippen molar-refractivity contribution in [3.63, 3.8) is 0 Å². The van der Waals surface area contributed by atoms with E-state index in [0.717, 1.165) is 10.6 Å². The highest BCUT2D eigenvalue weighted by Crippen LogP contribution is 2.23. The smallest absolute Gasteiger partial charge is 0.227 e. The van der Waals surface area contributed by atoms with Crippen LogP contribution in [0.25, 0.3) is 10.7 Å². The Kier molecular flexibility index (Phi) is 3.47. The Morgan fingerprint density at radius 1 is 1.30 bits per heavy atom. The number of nitrogens with zero attached hydrogens (tertiary/aromatic N) is 3. The third-order valence-electron chi connectivity index (χ3n) is 3.11. The van der Waals surface area contributed by atoms with Gasteiger partial charge in [0.1, 0.15) is 0 Å². The molecular weight excluding hydrogens is 272 g/mol. The van der Waals surface area contributed by atoms with Crippen molar-refractivity contribution < 1.29 is 4.52 Å². The van der Waals surface area contributed by atoms with Crippen LogP contribution < -0.4 is 5.73 Å². The molecule has 2 heterocycles. The molecule has 0 aliphatic carbocycles. The molecule has 2 aromatic heterocycles. The number of nitrogens with two attached hydrogens (primary N) is 1. The Hall–Kier alpha value is -2.21. The monoisotopic (exact) mass is 286 g/mol. The lowest BCUT2D eigenvalue weighted by atomic mass is 9.98. The van der Waals surface area contributed by atoms with Crippen LogP contribution in [0.15, 0.2) is 40.5 Å². The lowest BCUT2D eigenvalue weighted by Crippen LogP contribution is -1.99.